The Morgan fingerprint density at radius 1 is 1.25 bits per heavy atom. The summed E-state index contributed by atoms with van der Waals surface area (Å²) < 4.78 is 46.2. The Bertz CT molecular complexity index is 1250. The standard InChI is InChI=1S/C21H23FN4O4S2/c22-19-12-23-21(31-19)25-20(27)17(10-13-6-8-30-9-7-13)26-16-2-1-3-18(15(16)11-24-26)32(28,29)14-4-5-14/h1-3,11-14,17H,4-10H2,(H,23,25,27). The molecule has 1 saturated heterocycles. The minimum absolute atomic E-state index is 0.179. The first-order chi connectivity index (χ1) is 15.4. The van der Waals surface area contributed by atoms with Crippen molar-refractivity contribution < 1.29 is 22.3 Å². The number of nitrogens with zero attached hydrogens (tertiary/aromatic N) is 3. The Hall–Kier alpha value is -2.37. The Balaban J connectivity index is 1.52. The summed E-state index contributed by atoms with van der Waals surface area (Å²) in [7, 11) is -3.42. The number of anilines is 1. The summed E-state index contributed by atoms with van der Waals surface area (Å²) in [6.45, 7) is 1.28. The molecule has 1 aliphatic carbocycles. The Kier molecular flexibility index (Phi) is 5.72. The van der Waals surface area contributed by atoms with Crippen LogP contribution in [0.4, 0.5) is 9.52 Å². The van der Waals surface area contributed by atoms with Crippen molar-refractivity contribution in [2.45, 2.75) is 48.3 Å². The van der Waals surface area contributed by atoms with Crippen LogP contribution in [0.3, 0.4) is 0 Å². The average molecular weight is 479 g/mol. The molecule has 32 heavy (non-hydrogen) atoms. The number of aromatic nitrogens is 3. The lowest BCUT2D eigenvalue weighted by Crippen LogP contribution is -2.30. The van der Waals surface area contributed by atoms with Gasteiger partial charge in [0.1, 0.15) is 6.04 Å². The molecule has 0 spiro atoms. The number of carbonyl (C=O) groups is 1. The number of carbonyl (C=O) groups excluding carboxylic acids is 1. The molecule has 3 heterocycles. The number of fused-ring (bicyclic) bond motifs is 1. The van der Waals surface area contributed by atoms with E-state index in [-0.39, 0.29) is 27.1 Å². The molecule has 2 aliphatic rings. The number of halogens is 1. The number of hydrogen-bond donors (Lipinski definition) is 1. The third-order valence-corrected chi connectivity index (χ3v) is 9.09. The Morgan fingerprint density at radius 3 is 2.72 bits per heavy atom. The van der Waals surface area contributed by atoms with Crippen LogP contribution in [-0.2, 0) is 19.4 Å². The first-order valence-corrected chi connectivity index (χ1v) is 13.0. The number of amides is 1. The second kappa shape index (κ2) is 8.53. The molecule has 0 bridgehead atoms. The van der Waals surface area contributed by atoms with Crippen molar-refractivity contribution in [1.29, 1.82) is 0 Å². The Labute approximate surface area is 188 Å². The van der Waals surface area contributed by atoms with Crippen LogP contribution in [0.1, 0.15) is 38.1 Å². The van der Waals surface area contributed by atoms with E-state index in [9.17, 15) is 17.6 Å². The van der Waals surface area contributed by atoms with Crippen molar-refractivity contribution in [2.24, 2.45) is 5.92 Å². The molecule has 5 rings (SSSR count). The average Bonchev–Trinajstić information content (AvgIpc) is 3.46. The van der Waals surface area contributed by atoms with Gasteiger partial charge in [0.25, 0.3) is 5.91 Å². The van der Waals surface area contributed by atoms with E-state index in [1.807, 2.05) is 0 Å². The van der Waals surface area contributed by atoms with Crippen LogP contribution in [0, 0.1) is 11.0 Å². The molecule has 11 heteroatoms. The van der Waals surface area contributed by atoms with Gasteiger partial charge in [0, 0.05) is 18.6 Å². The molecule has 2 aromatic heterocycles. The highest BCUT2D eigenvalue weighted by Crippen LogP contribution is 2.37. The molecule has 170 valence electrons. The first-order valence-electron chi connectivity index (χ1n) is 10.6. The zero-order valence-electron chi connectivity index (χ0n) is 17.2. The largest absolute Gasteiger partial charge is 0.381 e. The van der Waals surface area contributed by atoms with E-state index >= 15 is 0 Å². The fraction of sp³-hybridized carbons (Fsp3) is 0.476. The van der Waals surface area contributed by atoms with E-state index in [2.05, 4.69) is 15.4 Å². The molecule has 1 aromatic carbocycles. The van der Waals surface area contributed by atoms with Crippen molar-refractivity contribution in [2.75, 3.05) is 18.5 Å². The highest BCUT2D eigenvalue weighted by Gasteiger charge is 2.38. The van der Waals surface area contributed by atoms with Crippen molar-refractivity contribution in [3.05, 3.63) is 35.7 Å². The molecule has 1 N–H and O–H groups in total. The first kappa shape index (κ1) is 21.5. The van der Waals surface area contributed by atoms with Gasteiger partial charge in [0.2, 0.25) is 0 Å². The summed E-state index contributed by atoms with van der Waals surface area (Å²) in [4.78, 5) is 17.4. The van der Waals surface area contributed by atoms with Gasteiger partial charge in [-0.15, -0.1) is 0 Å². The fourth-order valence-corrected chi connectivity index (χ4v) is 6.61. The summed E-state index contributed by atoms with van der Waals surface area (Å²) in [5, 5.41) is 7.02. The smallest absolute Gasteiger partial charge is 0.251 e. The zero-order chi connectivity index (χ0) is 22.3. The predicted molar refractivity (Wildman–Crippen MR) is 118 cm³/mol. The minimum Gasteiger partial charge on any atom is -0.381 e. The van der Waals surface area contributed by atoms with Crippen molar-refractivity contribution >= 4 is 43.1 Å². The highest BCUT2D eigenvalue weighted by atomic mass is 32.2. The van der Waals surface area contributed by atoms with Crippen LogP contribution in [0.15, 0.2) is 35.5 Å². The molecular weight excluding hydrogens is 455 g/mol. The van der Waals surface area contributed by atoms with Crippen LogP contribution in [0.25, 0.3) is 10.9 Å². The molecule has 1 saturated carbocycles. The van der Waals surface area contributed by atoms with Gasteiger partial charge in [0.05, 0.1) is 28.1 Å². The van der Waals surface area contributed by atoms with E-state index in [0.29, 0.717) is 43.4 Å². The molecular formula is C21H23FN4O4S2. The van der Waals surface area contributed by atoms with Gasteiger partial charge in [-0.3, -0.25) is 9.48 Å². The van der Waals surface area contributed by atoms with E-state index in [1.165, 1.54) is 6.20 Å². The number of nitrogens with one attached hydrogen (secondary N) is 1. The molecule has 2 fully saturated rings. The van der Waals surface area contributed by atoms with Gasteiger partial charge in [-0.05, 0) is 50.2 Å². The van der Waals surface area contributed by atoms with Crippen molar-refractivity contribution in [3.63, 3.8) is 0 Å². The molecule has 1 atom stereocenters. The van der Waals surface area contributed by atoms with Crippen LogP contribution < -0.4 is 5.32 Å². The van der Waals surface area contributed by atoms with Crippen LogP contribution in [0.2, 0.25) is 0 Å². The number of ether oxygens (including phenoxy) is 1. The van der Waals surface area contributed by atoms with Crippen LogP contribution in [0.5, 0.6) is 0 Å². The lowest BCUT2D eigenvalue weighted by Gasteiger charge is -2.26. The SMILES string of the molecule is O=C(Nc1ncc(F)s1)C(CC1CCOCC1)n1ncc2c(S(=O)(=O)C3CC3)cccc21. The monoisotopic (exact) mass is 478 g/mol. The minimum atomic E-state index is -3.42. The molecule has 1 amide bonds. The van der Waals surface area contributed by atoms with Crippen molar-refractivity contribution in [3.8, 4) is 0 Å². The topological polar surface area (TPSA) is 103 Å². The molecule has 3 aromatic rings. The predicted octanol–water partition coefficient (Wildman–Crippen LogP) is 3.56. The summed E-state index contributed by atoms with van der Waals surface area (Å²) >= 11 is 0.758. The Morgan fingerprint density at radius 2 is 2.03 bits per heavy atom. The second-order valence-electron chi connectivity index (χ2n) is 8.29. The van der Waals surface area contributed by atoms with E-state index < -0.39 is 21.0 Å². The third-order valence-electron chi connectivity index (χ3n) is 6.07. The van der Waals surface area contributed by atoms with E-state index in [4.69, 9.17) is 4.74 Å². The second-order valence-corrected chi connectivity index (χ2v) is 11.5. The van der Waals surface area contributed by atoms with E-state index in [0.717, 1.165) is 30.4 Å². The lowest BCUT2D eigenvalue weighted by molar-refractivity contribution is -0.120. The van der Waals surface area contributed by atoms with Crippen LogP contribution >= 0.6 is 11.3 Å². The number of thiazole rings is 1. The maximum Gasteiger partial charge on any atom is 0.251 e. The molecule has 1 unspecified atom stereocenters. The quantitative estimate of drug-likeness (QED) is 0.557. The third kappa shape index (κ3) is 4.16. The van der Waals surface area contributed by atoms with Crippen molar-refractivity contribution in [1.82, 2.24) is 14.8 Å². The maximum absolute atomic E-state index is 13.4. The normalized spacial score (nSPS) is 18.7. The molecule has 1 aliphatic heterocycles. The fourth-order valence-electron chi connectivity index (χ4n) is 4.22. The zero-order valence-corrected chi connectivity index (χ0v) is 18.9. The van der Waals surface area contributed by atoms with Gasteiger partial charge in [-0.1, -0.05) is 17.4 Å². The highest BCUT2D eigenvalue weighted by molar-refractivity contribution is 7.92. The van der Waals surface area contributed by atoms with Gasteiger partial charge in [-0.25, -0.2) is 13.4 Å². The number of benzene rings is 1. The van der Waals surface area contributed by atoms with Gasteiger partial charge >= 0.3 is 0 Å². The van der Waals surface area contributed by atoms with Crippen LogP contribution in [-0.4, -0.2) is 47.6 Å². The summed E-state index contributed by atoms with van der Waals surface area (Å²) in [6, 6.07) is 4.38. The molecule has 0 radical (unpaired) electrons. The summed E-state index contributed by atoms with van der Waals surface area (Å²) in [6.07, 6.45) is 6.10. The summed E-state index contributed by atoms with van der Waals surface area (Å²) in [5.74, 6) is -0.101. The van der Waals surface area contributed by atoms with Gasteiger partial charge in [0.15, 0.2) is 20.1 Å². The number of rotatable bonds is 7. The van der Waals surface area contributed by atoms with E-state index in [1.54, 1.807) is 22.9 Å². The lowest BCUT2D eigenvalue weighted by atomic mass is 9.92. The van der Waals surface area contributed by atoms with Gasteiger partial charge in [-0.2, -0.15) is 9.49 Å². The van der Waals surface area contributed by atoms with Gasteiger partial charge < -0.3 is 10.1 Å². The number of sulfone groups is 1. The maximum atomic E-state index is 13.4. The molecule has 8 nitrogen and oxygen atoms in total. The number of hydrogen-bond acceptors (Lipinski definition) is 7. The summed E-state index contributed by atoms with van der Waals surface area (Å²) in [5.41, 5.74) is 0.587.